The first-order valence-electron chi connectivity index (χ1n) is 5.15. The molecule has 0 radical (unpaired) electrons. The van der Waals surface area contributed by atoms with Gasteiger partial charge in [-0.3, -0.25) is 0 Å². The number of benzene rings is 1. The minimum absolute atomic E-state index is 0.0552. The van der Waals surface area contributed by atoms with E-state index in [1.807, 2.05) is 13.8 Å². The molecule has 2 nitrogen and oxygen atoms in total. The van der Waals surface area contributed by atoms with Crippen LogP contribution in [0.25, 0.3) is 0 Å². The molecule has 0 aromatic heterocycles. The SMILES string of the molecule is CC(C)=C(C)OC(=O)c1cc(C)c(F)cc1Cl. The highest BCUT2D eigenvalue weighted by Gasteiger charge is 2.15. The molecule has 0 N–H and O–H groups in total. The summed E-state index contributed by atoms with van der Waals surface area (Å²) in [6.07, 6.45) is 0. The normalized spacial score (nSPS) is 10.0. The molecule has 0 aliphatic heterocycles. The van der Waals surface area contributed by atoms with Crippen molar-refractivity contribution in [2.75, 3.05) is 0 Å². The van der Waals surface area contributed by atoms with Crippen LogP contribution in [0.15, 0.2) is 23.5 Å². The zero-order chi connectivity index (χ0) is 13.2. The largest absolute Gasteiger partial charge is 0.428 e. The molecule has 0 saturated carbocycles. The number of allylic oxidation sites excluding steroid dienone is 2. The molecule has 0 aliphatic carbocycles. The van der Waals surface area contributed by atoms with Gasteiger partial charge in [0.05, 0.1) is 10.6 Å². The lowest BCUT2D eigenvalue weighted by atomic mass is 10.1. The first-order valence-corrected chi connectivity index (χ1v) is 5.52. The van der Waals surface area contributed by atoms with Gasteiger partial charge >= 0.3 is 5.97 Å². The summed E-state index contributed by atoms with van der Waals surface area (Å²) in [6.45, 7) is 6.92. The maximum Gasteiger partial charge on any atom is 0.344 e. The van der Waals surface area contributed by atoms with Crippen LogP contribution in [0.1, 0.15) is 36.7 Å². The molecule has 0 bridgehead atoms. The Bertz CT molecular complexity index is 488. The minimum Gasteiger partial charge on any atom is -0.428 e. The molecular formula is C13H14ClFO2. The molecule has 1 aromatic carbocycles. The molecule has 1 aromatic rings. The van der Waals surface area contributed by atoms with E-state index in [-0.39, 0.29) is 10.6 Å². The smallest absolute Gasteiger partial charge is 0.344 e. The monoisotopic (exact) mass is 256 g/mol. The number of hydrogen-bond donors (Lipinski definition) is 0. The second-order valence-electron chi connectivity index (χ2n) is 4.03. The molecule has 0 unspecified atom stereocenters. The number of aryl methyl sites for hydroxylation is 1. The average molecular weight is 257 g/mol. The van der Waals surface area contributed by atoms with E-state index in [1.165, 1.54) is 6.07 Å². The molecule has 0 saturated heterocycles. The Morgan fingerprint density at radius 2 is 1.88 bits per heavy atom. The highest BCUT2D eigenvalue weighted by Crippen LogP contribution is 2.22. The van der Waals surface area contributed by atoms with E-state index in [0.717, 1.165) is 11.6 Å². The maximum atomic E-state index is 13.2. The predicted molar refractivity (Wildman–Crippen MR) is 65.6 cm³/mol. The predicted octanol–water partition coefficient (Wildman–Crippen LogP) is 4.26. The Balaban J connectivity index is 3.06. The molecule has 4 heteroatoms. The first-order chi connectivity index (χ1) is 7.82. The number of hydrogen-bond acceptors (Lipinski definition) is 2. The Kier molecular flexibility index (Phi) is 4.29. The average Bonchev–Trinajstić information content (AvgIpc) is 2.22. The van der Waals surface area contributed by atoms with Crippen LogP contribution < -0.4 is 0 Å². The Labute approximate surface area is 105 Å². The molecule has 92 valence electrons. The van der Waals surface area contributed by atoms with Crippen molar-refractivity contribution in [1.82, 2.24) is 0 Å². The molecule has 0 aliphatic rings. The van der Waals surface area contributed by atoms with Gasteiger partial charge in [-0.25, -0.2) is 9.18 Å². The summed E-state index contributed by atoms with van der Waals surface area (Å²) in [5.41, 5.74) is 1.43. The Hall–Kier alpha value is -1.35. The van der Waals surface area contributed by atoms with E-state index in [9.17, 15) is 9.18 Å². The summed E-state index contributed by atoms with van der Waals surface area (Å²) in [5, 5.41) is 0.0552. The van der Waals surface area contributed by atoms with Crippen molar-refractivity contribution in [2.24, 2.45) is 0 Å². The number of carbonyl (C=O) groups excluding carboxylic acids is 1. The van der Waals surface area contributed by atoms with Crippen molar-refractivity contribution in [3.63, 3.8) is 0 Å². The Morgan fingerprint density at radius 1 is 1.29 bits per heavy atom. The molecule has 17 heavy (non-hydrogen) atoms. The van der Waals surface area contributed by atoms with Gasteiger partial charge in [0.25, 0.3) is 0 Å². The van der Waals surface area contributed by atoms with E-state index in [4.69, 9.17) is 16.3 Å². The van der Waals surface area contributed by atoms with E-state index < -0.39 is 11.8 Å². The van der Waals surface area contributed by atoms with E-state index >= 15 is 0 Å². The van der Waals surface area contributed by atoms with Crippen LogP contribution in [0.3, 0.4) is 0 Å². The van der Waals surface area contributed by atoms with Gasteiger partial charge in [-0.1, -0.05) is 11.6 Å². The van der Waals surface area contributed by atoms with Crippen LogP contribution in [0.5, 0.6) is 0 Å². The molecule has 0 spiro atoms. The van der Waals surface area contributed by atoms with Gasteiger partial charge in [0.2, 0.25) is 0 Å². The van der Waals surface area contributed by atoms with Crippen molar-refractivity contribution in [2.45, 2.75) is 27.7 Å². The van der Waals surface area contributed by atoms with Crippen LogP contribution >= 0.6 is 11.6 Å². The van der Waals surface area contributed by atoms with Gasteiger partial charge < -0.3 is 4.74 Å². The minimum atomic E-state index is -0.572. The summed E-state index contributed by atoms with van der Waals surface area (Å²) in [6, 6.07) is 2.50. The van der Waals surface area contributed by atoms with Crippen molar-refractivity contribution < 1.29 is 13.9 Å². The third-order valence-corrected chi connectivity index (χ3v) is 2.73. The van der Waals surface area contributed by atoms with E-state index in [0.29, 0.717) is 11.3 Å². The van der Waals surface area contributed by atoms with E-state index in [1.54, 1.807) is 13.8 Å². The molecule has 0 amide bonds. The molecule has 0 heterocycles. The van der Waals surface area contributed by atoms with Crippen molar-refractivity contribution in [3.8, 4) is 0 Å². The second kappa shape index (κ2) is 5.32. The third-order valence-electron chi connectivity index (χ3n) is 2.42. The molecule has 0 atom stereocenters. The van der Waals surface area contributed by atoms with E-state index in [2.05, 4.69) is 0 Å². The summed E-state index contributed by atoms with van der Waals surface area (Å²) >= 11 is 5.80. The topological polar surface area (TPSA) is 26.3 Å². The highest BCUT2D eigenvalue weighted by molar-refractivity contribution is 6.33. The zero-order valence-electron chi connectivity index (χ0n) is 10.2. The third kappa shape index (κ3) is 3.30. The number of ether oxygens (including phenoxy) is 1. The first kappa shape index (κ1) is 13.7. The lowest BCUT2D eigenvalue weighted by Gasteiger charge is -2.08. The van der Waals surface area contributed by atoms with Gasteiger partial charge in [0.1, 0.15) is 11.6 Å². The Morgan fingerprint density at radius 3 is 2.41 bits per heavy atom. The summed E-state index contributed by atoms with van der Waals surface area (Å²) in [4.78, 5) is 11.8. The summed E-state index contributed by atoms with van der Waals surface area (Å²) in [7, 11) is 0. The summed E-state index contributed by atoms with van der Waals surface area (Å²) < 4.78 is 18.3. The number of esters is 1. The second-order valence-corrected chi connectivity index (χ2v) is 4.43. The van der Waals surface area contributed by atoms with Crippen LogP contribution in [0.2, 0.25) is 5.02 Å². The molecule has 0 fully saturated rings. The fraction of sp³-hybridized carbons (Fsp3) is 0.308. The van der Waals surface area contributed by atoms with Crippen molar-refractivity contribution in [3.05, 3.63) is 45.4 Å². The van der Waals surface area contributed by atoms with Gasteiger partial charge in [-0.05, 0) is 51.0 Å². The van der Waals surface area contributed by atoms with Crippen LogP contribution in [0.4, 0.5) is 4.39 Å². The van der Waals surface area contributed by atoms with Gasteiger partial charge in [-0.2, -0.15) is 0 Å². The van der Waals surface area contributed by atoms with Crippen molar-refractivity contribution >= 4 is 17.6 Å². The van der Waals surface area contributed by atoms with Crippen LogP contribution in [-0.4, -0.2) is 5.97 Å². The number of rotatable bonds is 2. The molecular weight excluding hydrogens is 243 g/mol. The number of halogens is 2. The van der Waals surface area contributed by atoms with Crippen molar-refractivity contribution in [1.29, 1.82) is 0 Å². The molecule has 1 rings (SSSR count). The van der Waals surface area contributed by atoms with Gasteiger partial charge in [-0.15, -0.1) is 0 Å². The highest BCUT2D eigenvalue weighted by atomic mass is 35.5. The van der Waals surface area contributed by atoms with Crippen LogP contribution in [-0.2, 0) is 4.74 Å². The van der Waals surface area contributed by atoms with Crippen LogP contribution in [0, 0.1) is 12.7 Å². The fourth-order valence-electron chi connectivity index (χ4n) is 1.11. The lowest BCUT2D eigenvalue weighted by Crippen LogP contribution is -2.06. The standard InChI is InChI=1S/C13H14ClFO2/c1-7(2)9(4)17-13(16)10-5-8(3)12(15)6-11(10)14/h5-6H,1-4H3. The quantitative estimate of drug-likeness (QED) is 0.584. The zero-order valence-corrected chi connectivity index (χ0v) is 11.0. The maximum absolute atomic E-state index is 13.2. The fourth-order valence-corrected chi connectivity index (χ4v) is 1.34. The number of carbonyl (C=O) groups is 1. The van der Waals surface area contributed by atoms with Gasteiger partial charge in [0.15, 0.2) is 0 Å². The lowest BCUT2D eigenvalue weighted by molar-refractivity contribution is 0.0622. The summed E-state index contributed by atoms with van der Waals surface area (Å²) in [5.74, 6) is -0.490. The van der Waals surface area contributed by atoms with Gasteiger partial charge in [0, 0.05) is 0 Å².